The Morgan fingerprint density at radius 1 is 1.29 bits per heavy atom. The fourth-order valence-electron chi connectivity index (χ4n) is 4.20. The number of hydrogen-bond acceptors (Lipinski definition) is 2. The molecule has 0 N–H and O–H groups in total. The van der Waals surface area contributed by atoms with Crippen LogP contribution >= 0.6 is 0 Å². The van der Waals surface area contributed by atoms with Gasteiger partial charge in [0, 0.05) is 18.9 Å². The molecule has 0 amide bonds. The second-order valence-electron chi connectivity index (χ2n) is 5.80. The van der Waals surface area contributed by atoms with Gasteiger partial charge in [0.05, 0.1) is 5.60 Å². The third kappa shape index (κ3) is 1.30. The molecule has 17 heavy (non-hydrogen) atoms. The average Bonchev–Trinajstić information content (AvgIpc) is 2.97. The van der Waals surface area contributed by atoms with E-state index in [0.29, 0.717) is 13.1 Å². The van der Waals surface area contributed by atoms with Crippen LogP contribution in [0, 0.1) is 0 Å². The molecule has 0 radical (unpaired) electrons. The maximum Gasteiger partial charge on any atom is 0.379 e. The van der Waals surface area contributed by atoms with E-state index in [0.717, 1.165) is 12.8 Å². The van der Waals surface area contributed by atoms with Crippen LogP contribution in [0.25, 0.3) is 0 Å². The Labute approximate surface area is 103 Å². The monoisotopic (exact) mass is 227 g/mol. The molecule has 3 heteroatoms. The minimum absolute atomic E-state index is 0.0968. The first-order chi connectivity index (χ1) is 8.28. The van der Waals surface area contributed by atoms with Gasteiger partial charge in [-0.05, 0) is 37.3 Å². The molecule has 1 aromatic rings. The van der Waals surface area contributed by atoms with Crippen molar-refractivity contribution in [3.8, 4) is 0 Å². The summed E-state index contributed by atoms with van der Waals surface area (Å²) >= 11 is 0. The van der Waals surface area contributed by atoms with Gasteiger partial charge in [0.2, 0.25) is 0 Å². The standard InChI is InChI=1S/C14H18BNO/c1-15-16-8-4-7-13(16)14(17-15)9-11-5-2-3-6-12(11)10-14/h2-3,5-6,13H,4,7-10H2,1H3/t13-/m0/s1. The Morgan fingerprint density at radius 2 is 2.00 bits per heavy atom. The second-order valence-corrected chi connectivity index (χ2v) is 5.80. The van der Waals surface area contributed by atoms with Crippen LogP contribution in [0.4, 0.5) is 0 Å². The van der Waals surface area contributed by atoms with Crippen molar-refractivity contribution >= 4 is 7.05 Å². The first-order valence-corrected chi connectivity index (χ1v) is 6.79. The van der Waals surface area contributed by atoms with Crippen molar-refractivity contribution in [2.45, 2.75) is 44.1 Å². The molecule has 3 aliphatic rings. The van der Waals surface area contributed by atoms with Crippen LogP contribution < -0.4 is 0 Å². The van der Waals surface area contributed by atoms with E-state index in [9.17, 15) is 0 Å². The molecule has 2 heterocycles. The van der Waals surface area contributed by atoms with Crippen LogP contribution in [-0.4, -0.2) is 30.0 Å². The molecule has 0 bridgehead atoms. The molecule has 0 aromatic heterocycles. The van der Waals surface area contributed by atoms with E-state index in [1.807, 2.05) is 0 Å². The molecule has 2 fully saturated rings. The highest BCUT2D eigenvalue weighted by atomic mass is 16.5. The molecule has 88 valence electrons. The van der Waals surface area contributed by atoms with Gasteiger partial charge in [-0.15, -0.1) is 0 Å². The normalized spacial score (nSPS) is 29.9. The SMILES string of the molecule is CB1OC2(Cc3ccccc3C2)[C@@H]2CCCN12. The van der Waals surface area contributed by atoms with Crippen molar-refractivity contribution in [2.24, 2.45) is 0 Å². The lowest BCUT2D eigenvalue weighted by Crippen LogP contribution is -2.43. The summed E-state index contributed by atoms with van der Waals surface area (Å²) in [5.74, 6) is 0. The summed E-state index contributed by atoms with van der Waals surface area (Å²) in [6, 6.07) is 9.52. The Morgan fingerprint density at radius 3 is 2.71 bits per heavy atom. The van der Waals surface area contributed by atoms with Crippen molar-refractivity contribution in [3.05, 3.63) is 35.4 Å². The van der Waals surface area contributed by atoms with Crippen LogP contribution in [0.3, 0.4) is 0 Å². The van der Waals surface area contributed by atoms with Gasteiger partial charge in [0.15, 0.2) is 0 Å². The molecule has 1 aliphatic carbocycles. The molecule has 1 atom stereocenters. The molecule has 2 nitrogen and oxygen atoms in total. The Bertz CT molecular complexity index is 436. The zero-order valence-corrected chi connectivity index (χ0v) is 10.4. The Balaban J connectivity index is 1.72. The van der Waals surface area contributed by atoms with E-state index in [2.05, 4.69) is 35.9 Å². The highest BCUT2D eigenvalue weighted by Gasteiger charge is 2.56. The van der Waals surface area contributed by atoms with Crippen molar-refractivity contribution < 1.29 is 4.65 Å². The van der Waals surface area contributed by atoms with Gasteiger partial charge in [-0.2, -0.15) is 0 Å². The lowest BCUT2D eigenvalue weighted by Gasteiger charge is -2.30. The molecular weight excluding hydrogens is 209 g/mol. The third-order valence-electron chi connectivity index (χ3n) is 4.87. The van der Waals surface area contributed by atoms with E-state index in [-0.39, 0.29) is 5.60 Å². The van der Waals surface area contributed by atoms with Crippen molar-refractivity contribution in [3.63, 3.8) is 0 Å². The Kier molecular flexibility index (Phi) is 2.01. The van der Waals surface area contributed by atoms with Crippen LogP contribution in [0.2, 0.25) is 6.82 Å². The summed E-state index contributed by atoms with van der Waals surface area (Å²) in [4.78, 5) is 2.58. The average molecular weight is 227 g/mol. The first-order valence-electron chi connectivity index (χ1n) is 6.79. The van der Waals surface area contributed by atoms with Crippen molar-refractivity contribution in [1.29, 1.82) is 0 Å². The Hall–Kier alpha value is -0.795. The van der Waals surface area contributed by atoms with Crippen LogP contribution in [-0.2, 0) is 17.5 Å². The highest BCUT2D eigenvalue weighted by molar-refractivity contribution is 6.48. The quantitative estimate of drug-likeness (QED) is 0.629. The molecule has 1 spiro atoms. The smallest absolute Gasteiger partial charge is 0.379 e. The van der Waals surface area contributed by atoms with Gasteiger partial charge in [-0.1, -0.05) is 24.3 Å². The molecule has 2 aliphatic heterocycles. The second kappa shape index (κ2) is 3.36. The fourth-order valence-corrected chi connectivity index (χ4v) is 4.20. The molecule has 4 rings (SSSR count). The molecular formula is C14H18BNO. The minimum Gasteiger partial charge on any atom is -0.414 e. The predicted octanol–water partition coefficient (Wildman–Crippen LogP) is 2.14. The molecule has 0 unspecified atom stereocenters. The number of benzene rings is 1. The summed E-state index contributed by atoms with van der Waals surface area (Å²) in [5.41, 5.74) is 3.11. The van der Waals surface area contributed by atoms with Crippen LogP contribution in [0.5, 0.6) is 0 Å². The van der Waals surface area contributed by atoms with Gasteiger partial charge >= 0.3 is 7.05 Å². The third-order valence-corrected chi connectivity index (χ3v) is 4.87. The van der Waals surface area contributed by atoms with Gasteiger partial charge in [0.25, 0.3) is 0 Å². The molecule has 1 aromatic carbocycles. The molecule has 2 saturated heterocycles. The highest BCUT2D eigenvalue weighted by Crippen LogP contribution is 2.45. The predicted molar refractivity (Wildman–Crippen MR) is 69.0 cm³/mol. The minimum atomic E-state index is 0.0968. The molecule has 0 saturated carbocycles. The van der Waals surface area contributed by atoms with E-state index in [1.165, 1.54) is 30.5 Å². The summed E-state index contributed by atoms with van der Waals surface area (Å²) in [7, 11) is 0.316. The first kappa shape index (κ1) is 10.2. The zero-order valence-electron chi connectivity index (χ0n) is 10.4. The van der Waals surface area contributed by atoms with Gasteiger partial charge in [-0.3, -0.25) is 0 Å². The van der Waals surface area contributed by atoms with E-state index >= 15 is 0 Å². The van der Waals surface area contributed by atoms with Crippen LogP contribution in [0.1, 0.15) is 24.0 Å². The van der Waals surface area contributed by atoms with Gasteiger partial charge in [-0.25, -0.2) is 0 Å². The zero-order chi connectivity index (χ0) is 11.5. The summed E-state index contributed by atoms with van der Waals surface area (Å²) in [6.45, 7) is 3.44. The van der Waals surface area contributed by atoms with E-state index in [4.69, 9.17) is 4.65 Å². The largest absolute Gasteiger partial charge is 0.414 e. The summed E-state index contributed by atoms with van der Waals surface area (Å²) < 4.78 is 6.39. The fraction of sp³-hybridized carbons (Fsp3) is 0.571. The topological polar surface area (TPSA) is 12.5 Å². The van der Waals surface area contributed by atoms with Crippen molar-refractivity contribution in [2.75, 3.05) is 6.54 Å². The number of hydrogen-bond donors (Lipinski definition) is 0. The summed E-state index contributed by atoms with van der Waals surface area (Å²) in [6.07, 6.45) is 4.90. The lowest BCUT2D eigenvalue weighted by molar-refractivity contribution is 0.0742. The van der Waals surface area contributed by atoms with Gasteiger partial charge < -0.3 is 9.47 Å². The lowest BCUT2D eigenvalue weighted by atomic mass is 9.86. The van der Waals surface area contributed by atoms with E-state index < -0.39 is 0 Å². The number of nitrogens with zero attached hydrogens (tertiary/aromatic N) is 1. The number of rotatable bonds is 0. The van der Waals surface area contributed by atoms with Crippen LogP contribution in [0.15, 0.2) is 24.3 Å². The van der Waals surface area contributed by atoms with Gasteiger partial charge in [0.1, 0.15) is 0 Å². The van der Waals surface area contributed by atoms with Crippen molar-refractivity contribution in [1.82, 2.24) is 4.81 Å². The maximum absolute atomic E-state index is 6.39. The maximum atomic E-state index is 6.39. The van der Waals surface area contributed by atoms with E-state index in [1.54, 1.807) is 0 Å². The summed E-state index contributed by atoms with van der Waals surface area (Å²) in [5, 5.41) is 0. The number of fused-ring (bicyclic) bond motifs is 3.